The van der Waals surface area contributed by atoms with Crippen LogP contribution in [0.25, 0.3) is 0 Å². The first-order valence-corrected chi connectivity index (χ1v) is 8.38. The van der Waals surface area contributed by atoms with Gasteiger partial charge >= 0.3 is 5.69 Å². The molecule has 1 aromatic carbocycles. The van der Waals surface area contributed by atoms with Crippen molar-refractivity contribution in [2.45, 2.75) is 30.3 Å². The summed E-state index contributed by atoms with van der Waals surface area (Å²) in [5, 5.41) is 30.2. The number of halogens is 1. The van der Waals surface area contributed by atoms with Crippen molar-refractivity contribution >= 4 is 15.9 Å². The van der Waals surface area contributed by atoms with E-state index in [4.69, 9.17) is 4.74 Å². The van der Waals surface area contributed by atoms with Gasteiger partial charge in [0, 0.05) is 17.1 Å². The van der Waals surface area contributed by atoms with Crippen molar-refractivity contribution in [3.8, 4) is 0 Å². The number of H-pyrrole nitrogens is 2. The van der Waals surface area contributed by atoms with Gasteiger partial charge in [-0.2, -0.15) is 0 Å². The number of hydrogen-bond donors (Lipinski definition) is 5. The van der Waals surface area contributed by atoms with E-state index in [0.717, 1.165) is 16.2 Å². The first-order valence-electron chi connectivity index (χ1n) is 7.59. The lowest BCUT2D eigenvalue weighted by atomic mass is 9.83. The fourth-order valence-corrected chi connectivity index (χ4v) is 3.39. The molecular formula is C16H17BrN2O6. The van der Waals surface area contributed by atoms with E-state index in [-0.39, 0.29) is 12.0 Å². The summed E-state index contributed by atoms with van der Waals surface area (Å²) in [6.07, 6.45) is -2.69. The minimum absolute atomic E-state index is 0.0301. The molecule has 4 atom stereocenters. The average Bonchev–Trinajstić information content (AvgIpc) is 2.82. The lowest BCUT2D eigenvalue weighted by Crippen LogP contribution is -2.47. The van der Waals surface area contributed by atoms with Crippen LogP contribution < -0.4 is 11.2 Å². The molecule has 0 spiro atoms. The van der Waals surface area contributed by atoms with Gasteiger partial charge in [-0.25, -0.2) is 4.79 Å². The van der Waals surface area contributed by atoms with Crippen LogP contribution in [0.1, 0.15) is 11.1 Å². The SMILES string of the molecule is O=c1[nH]cc([C@]2(Cc3ccc(Br)cc3)O[C@H](CO)[C@@H](O)[C@H]2O)c(=O)[nH]1. The van der Waals surface area contributed by atoms with E-state index in [1.54, 1.807) is 24.3 Å². The molecule has 0 bridgehead atoms. The third kappa shape index (κ3) is 3.21. The Morgan fingerprint density at radius 3 is 2.44 bits per heavy atom. The van der Waals surface area contributed by atoms with E-state index in [9.17, 15) is 24.9 Å². The highest BCUT2D eigenvalue weighted by molar-refractivity contribution is 9.10. The van der Waals surface area contributed by atoms with Gasteiger partial charge < -0.3 is 25.0 Å². The van der Waals surface area contributed by atoms with Crippen molar-refractivity contribution in [1.82, 2.24) is 9.97 Å². The normalized spacial score (nSPS) is 29.0. The summed E-state index contributed by atoms with van der Waals surface area (Å²) in [4.78, 5) is 28.1. The second kappa shape index (κ2) is 6.85. The molecule has 134 valence electrons. The molecule has 0 aliphatic carbocycles. The van der Waals surface area contributed by atoms with Gasteiger partial charge in [0.25, 0.3) is 5.56 Å². The molecule has 2 heterocycles. The van der Waals surface area contributed by atoms with Gasteiger partial charge in [-0.1, -0.05) is 28.1 Å². The van der Waals surface area contributed by atoms with Crippen LogP contribution in [0.15, 0.2) is 44.5 Å². The summed E-state index contributed by atoms with van der Waals surface area (Å²) in [6.45, 7) is -0.526. The van der Waals surface area contributed by atoms with E-state index in [2.05, 4.69) is 25.9 Å². The zero-order chi connectivity index (χ0) is 18.2. The topological polar surface area (TPSA) is 136 Å². The highest BCUT2D eigenvalue weighted by Crippen LogP contribution is 2.41. The molecule has 8 nitrogen and oxygen atoms in total. The van der Waals surface area contributed by atoms with Crippen LogP contribution in [-0.4, -0.2) is 50.2 Å². The maximum absolute atomic E-state index is 12.3. The largest absolute Gasteiger partial charge is 0.394 e. The first-order chi connectivity index (χ1) is 11.9. The summed E-state index contributed by atoms with van der Waals surface area (Å²) in [6, 6.07) is 7.14. The summed E-state index contributed by atoms with van der Waals surface area (Å²) in [7, 11) is 0. The predicted octanol–water partition coefficient (Wildman–Crippen LogP) is -0.623. The fraction of sp³-hybridized carbons (Fsp3) is 0.375. The van der Waals surface area contributed by atoms with Gasteiger partial charge in [-0.15, -0.1) is 0 Å². The van der Waals surface area contributed by atoms with E-state index in [0.29, 0.717) is 0 Å². The molecule has 0 amide bonds. The Morgan fingerprint density at radius 2 is 1.88 bits per heavy atom. The summed E-state index contributed by atoms with van der Waals surface area (Å²) >= 11 is 3.33. The second-order valence-electron chi connectivity index (χ2n) is 5.95. The monoisotopic (exact) mass is 412 g/mol. The standard InChI is InChI=1S/C16H17BrN2O6/c17-9-3-1-8(2-4-9)5-16(10-6-18-15(24)19-14(10)23)13(22)12(21)11(7-20)25-16/h1-4,6,11-13,20-22H,5,7H2,(H2,18,19,23,24)/t11-,12-,13-,16+/m1/s1. The number of aromatic nitrogens is 2. The lowest BCUT2D eigenvalue weighted by molar-refractivity contribution is -0.0988. The van der Waals surface area contributed by atoms with Crippen molar-refractivity contribution in [2.75, 3.05) is 6.61 Å². The molecule has 1 aliphatic rings. The molecule has 0 saturated carbocycles. The maximum Gasteiger partial charge on any atom is 0.325 e. The number of hydrogen-bond acceptors (Lipinski definition) is 6. The molecule has 1 aliphatic heterocycles. The third-order valence-corrected chi connectivity index (χ3v) is 4.91. The van der Waals surface area contributed by atoms with Crippen LogP contribution in [-0.2, 0) is 16.8 Å². The predicted molar refractivity (Wildman–Crippen MR) is 91.2 cm³/mol. The van der Waals surface area contributed by atoms with Gasteiger partial charge in [0.15, 0.2) is 0 Å². The van der Waals surface area contributed by atoms with E-state index < -0.39 is 41.8 Å². The minimum atomic E-state index is -1.61. The van der Waals surface area contributed by atoms with Crippen LogP contribution in [0, 0.1) is 0 Å². The number of aliphatic hydroxyl groups is 3. The summed E-state index contributed by atoms with van der Waals surface area (Å²) < 4.78 is 6.61. The van der Waals surface area contributed by atoms with E-state index >= 15 is 0 Å². The van der Waals surface area contributed by atoms with Crippen molar-refractivity contribution in [1.29, 1.82) is 0 Å². The highest BCUT2D eigenvalue weighted by atomic mass is 79.9. The number of ether oxygens (including phenoxy) is 1. The quantitative estimate of drug-likeness (QED) is 0.453. The van der Waals surface area contributed by atoms with Crippen LogP contribution in [0.2, 0.25) is 0 Å². The van der Waals surface area contributed by atoms with Crippen molar-refractivity contribution < 1.29 is 20.1 Å². The van der Waals surface area contributed by atoms with Crippen LogP contribution in [0.4, 0.5) is 0 Å². The molecule has 25 heavy (non-hydrogen) atoms. The van der Waals surface area contributed by atoms with Gasteiger partial charge in [-0.3, -0.25) is 9.78 Å². The molecule has 0 radical (unpaired) electrons. The van der Waals surface area contributed by atoms with Crippen molar-refractivity contribution in [3.05, 3.63) is 66.9 Å². The average molecular weight is 413 g/mol. The number of benzene rings is 1. The van der Waals surface area contributed by atoms with E-state index in [1.807, 2.05) is 0 Å². The molecule has 3 rings (SSSR count). The highest BCUT2D eigenvalue weighted by Gasteiger charge is 2.56. The zero-order valence-electron chi connectivity index (χ0n) is 13.0. The Balaban J connectivity index is 2.13. The van der Waals surface area contributed by atoms with Crippen LogP contribution in [0.3, 0.4) is 0 Å². The molecule has 1 saturated heterocycles. The molecule has 5 N–H and O–H groups in total. The number of aliphatic hydroxyl groups excluding tert-OH is 3. The van der Waals surface area contributed by atoms with Gasteiger partial charge in [-0.05, 0) is 17.7 Å². The Bertz CT molecular complexity index is 864. The smallest absolute Gasteiger partial charge is 0.325 e. The van der Waals surface area contributed by atoms with Crippen LogP contribution >= 0.6 is 15.9 Å². The fourth-order valence-electron chi connectivity index (χ4n) is 3.13. The second-order valence-corrected chi connectivity index (χ2v) is 6.87. The van der Waals surface area contributed by atoms with Crippen LogP contribution in [0.5, 0.6) is 0 Å². The van der Waals surface area contributed by atoms with Crippen molar-refractivity contribution in [2.24, 2.45) is 0 Å². The third-order valence-electron chi connectivity index (χ3n) is 4.38. The molecule has 1 aromatic heterocycles. The summed E-state index contributed by atoms with van der Waals surface area (Å²) in [5.41, 5.74) is -2.33. The Kier molecular flexibility index (Phi) is 4.94. The minimum Gasteiger partial charge on any atom is -0.394 e. The van der Waals surface area contributed by atoms with Crippen molar-refractivity contribution in [3.63, 3.8) is 0 Å². The molecule has 9 heteroatoms. The first kappa shape index (κ1) is 18.0. The lowest BCUT2D eigenvalue weighted by Gasteiger charge is -2.32. The van der Waals surface area contributed by atoms with Gasteiger partial charge in [0.1, 0.15) is 23.9 Å². The summed E-state index contributed by atoms with van der Waals surface area (Å²) in [5.74, 6) is 0. The number of rotatable bonds is 4. The Morgan fingerprint density at radius 1 is 1.20 bits per heavy atom. The number of aromatic amines is 2. The zero-order valence-corrected chi connectivity index (χ0v) is 14.6. The molecule has 1 fully saturated rings. The maximum atomic E-state index is 12.3. The van der Waals surface area contributed by atoms with E-state index in [1.165, 1.54) is 0 Å². The molecule has 0 unspecified atom stereocenters. The molecule has 2 aromatic rings. The molecular weight excluding hydrogens is 396 g/mol. The number of nitrogens with one attached hydrogen (secondary N) is 2. The van der Waals surface area contributed by atoms with Gasteiger partial charge in [0.05, 0.1) is 12.2 Å². The Hall–Kier alpha value is -1.78. The van der Waals surface area contributed by atoms with Gasteiger partial charge in [0.2, 0.25) is 0 Å². The Labute approximate surface area is 150 Å².